The van der Waals surface area contributed by atoms with Crippen molar-refractivity contribution in [2.75, 3.05) is 12.8 Å². The lowest BCUT2D eigenvalue weighted by Gasteiger charge is -2.05. The highest BCUT2D eigenvalue weighted by atomic mass is 31.2. The van der Waals surface area contributed by atoms with Crippen LogP contribution in [0.15, 0.2) is 0 Å². The zero-order chi connectivity index (χ0) is 8.20. The molecule has 0 aromatic carbocycles. The summed E-state index contributed by atoms with van der Waals surface area (Å²) in [5.41, 5.74) is 0. The molecule has 0 bridgehead atoms. The van der Waals surface area contributed by atoms with Crippen molar-refractivity contribution in [3.05, 3.63) is 0 Å². The van der Waals surface area contributed by atoms with E-state index < -0.39 is 28.6 Å². The van der Waals surface area contributed by atoms with Gasteiger partial charge in [0.15, 0.2) is 0 Å². The van der Waals surface area contributed by atoms with Gasteiger partial charge in [-0.2, -0.15) is 0 Å². The van der Waals surface area contributed by atoms with Gasteiger partial charge in [0.25, 0.3) is 0 Å². The van der Waals surface area contributed by atoms with Crippen LogP contribution in [0.25, 0.3) is 0 Å². The maximum Gasteiger partial charge on any atom is 0.337 e. The van der Waals surface area contributed by atoms with Gasteiger partial charge in [0.05, 0.1) is 12.8 Å². The van der Waals surface area contributed by atoms with E-state index in [2.05, 4.69) is 4.31 Å². The van der Waals surface area contributed by atoms with Crippen molar-refractivity contribution in [1.29, 1.82) is 0 Å². The van der Waals surface area contributed by atoms with E-state index in [0.29, 0.717) is 0 Å². The maximum atomic E-state index is 10.5. The highest BCUT2D eigenvalue weighted by Gasteiger charge is 2.20. The first-order chi connectivity index (χ1) is 4.48. The zero-order valence-corrected chi connectivity index (χ0v) is 6.82. The van der Waals surface area contributed by atoms with Crippen LogP contribution in [0.4, 0.5) is 0 Å². The Morgan fingerprint density at radius 1 is 1.60 bits per heavy atom. The highest BCUT2D eigenvalue weighted by Crippen LogP contribution is 2.48. The van der Waals surface area contributed by atoms with E-state index >= 15 is 0 Å². The summed E-state index contributed by atoms with van der Waals surface area (Å²) in [6.07, 6.45) is -0.524. The van der Waals surface area contributed by atoms with Gasteiger partial charge in [-0.1, -0.05) is 0 Å². The predicted octanol–water partition coefficient (Wildman–Crippen LogP) is -0.437. The molecule has 0 heterocycles. The normalized spacial score (nSPS) is 19.9. The molecule has 0 spiro atoms. The Balaban J connectivity index is 3.87. The van der Waals surface area contributed by atoms with Crippen LogP contribution in [0.1, 0.15) is 0 Å². The van der Waals surface area contributed by atoms with E-state index in [9.17, 15) is 9.13 Å². The largest absolute Gasteiger partial charge is 0.396 e. The molecule has 0 fully saturated rings. The first kappa shape index (κ1) is 10.3. The Morgan fingerprint density at radius 3 is 2.40 bits per heavy atom. The van der Waals surface area contributed by atoms with Crippen molar-refractivity contribution in [3.63, 3.8) is 0 Å². The molecule has 2 unspecified atom stereocenters. The molecule has 0 aromatic heterocycles. The summed E-state index contributed by atoms with van der Waals surface area (Å²) in [5.74, 6) is 0. The fraction of sp³-hybridized carbons (Fsp3) is 1.00. The molecule has 0 rings (SSSR count). The van der Waals surface area contributed by atoms with Crippen LogP contribution in [0.5, 0.6) is 0 Å². The van der Waals surface area contributed by atoms with Crippen LogP contribution in [0.2, 0.25) is 0 Å². The van der Waals surface area contributed by atoms with Crippen molar-refractivity contribution in [2.45, 2.75) is 0 Å². The SMILES string of the molecule is O=[PH](O)OP(=O)(O)CCO. The first-order valence-corrected chi connectivity index (χ1v) is 5.36. The van der Waals surface area contributed by atoms with Crippen molar-refractivity contribution < 1.29 is 28.3 Å². The summed E-state index contributed by atoms with van der Waals surface area (Å²) < 4.78 is 24.0. The van der Waals surface area contributed by atoms with Gasteiger partial charge < -0.3 is 14.9 Å². The van der Waals surface area contributed by atoms with E-state index in [0.717, 1.165) is 0 Å². The quantitative estimate of drug-likeness (QED) is 0.519. The van der Waals surface area contributed by atoms with E-state index in [1.54, 1.807) is 0 Å². The molecule has 0 saturated heterocycles. The molecule has 8 heteroatoms. The molecule has 62 valence electrons. The number of hydrogen-bond acceptors (Lipinski definition) is 4. The third-order valence-electron chi connectivity index (χ3n) is 0.603. The van der Waals surface area contributed by atoms with Crippen molar-refractivity contribution in [2.24, 2.45) is 0 Å². The zero-order valence-electron chi connectivity index (χ0n) is 4.93. The molecule has 6 nitrogen and oxygen atoms in total. The lowest BCUT2D eigenvalue weighted by Crippen LogP contribution is -1.94. The second-order valence-electron chi connectivity index (χ2n) is 1.44. The summed E-state index contributed by atoms with van der Waals surface area (Å²) >= 11 is 0. The van der Waals surface area contributed by atoms with E-state index in [-0.39, 0.29) is 0 Å². The first-order valence-electron chi connectivity index (χ1n) is 2.33. The third-order valence-corrected chi connectivity index (χ3v) is 3.13. The van der Waals surface area contributed by atoms with Gasteiger partial charge in [0.2, 0.25) is 0 Å². The lowest BCUT2D eigenvalue weighted by molar-refractivity contribution is 0.298. The standard InChI is InChI=1S/C2H8O6P2/c3-1-2-10(6,7)8-9(4)5/h3,9H,1-2H2,(H,4,5)(H,6,7). The van der Waals surface area contributed by atoms with Crippen LogP contribution in [0, 0.1) is 0 Å². The minimum Gasteiger partial charge on any atom is -0.396 e. The van der Waals surface area contributed by atoms with Gasteiger partial charge in [-0.05, 0) is 0 Å². The number of rotatable bonds is 4. The summed E-state index contributed by atoms with van der Waals surface area (Å²) in [7, 11) is -7.40. The van der Waals surface area contributed by atoms with Crippen molar-refractivity contribution in [3.8, 4) is 0 Å². The van der Waals surface area contributed by atoms with Gasteiger partial charge in [0, 0.05) is 0 Å². The van der Waals surface area contributed by atoms with Gasteiger partial charge in [-0.25, -0.2) is 4.31 Å². The lowest BCUT2D eigenvalue weighted by atomic mass is 10.9. The molecule has 0 aliphatic heterocycles. The van der Waals surface area contributed by atoms with Crippen molar-refractivity contribution >= 4 is 15.9 Å². The minimum atomic E-state index is -4.02. The van der Waals surface area contributed by atoms with Crippen molar-refractivity contribution in [1.82, 2.24) is 0 Å². The highest BCUT2D eigenvalue weighted by molar-refractivity contribution is 7.59. The number of aliphatic hydroxyl groups is 1. The van der Waals surface area contributed by atoms with Crippen LogP contribution >= 0.6 is 15.9 Å². The maximum absolute atomic E-state index is 10.5. The Hall–Kier alpha value is 0.300. The summed E-state index contributed by atoms with van der Waals surface area (Å²) in [4.78, 5) is 16.5. The second kappa shape index (κ2) is 4.23. The summed E-state index contributed by atoms with van der Waals surface area (Å²) in [6, 6.07) is 0. The second-order valence-corrected chi connectivity index (χ2v) is 4.43. The molecular weight excluding hydrogens is 182 g/mol. The fourth-order valence-corrected chi connectivity index (χ4v) is 1.89. The Morgan fingerprint density at radius 2 is 2.10 bits per heavy atom. The van der Waals surface area contributed by atoms with E-state index in [1.807, 2.05) is 0 Å². The minimum absolute atomic E-state index is 0.524. The van der Waals surface area contributed by atoms with Gasteiger partial charge >= 0.3 is 15.9 Å². The molecule has 0 aromatic rings. The predicted molar refractivity (Wildman–Crippen MR) is 34.1 cm³/mol. The molecule has 3 N–H and O–H groups in total. The molecule has 0 aliphatic carbocycles. The number of hydrogen-bond donors (Lipinski definition) is 3. The molecule has 0 saturated carbocycles. The molecule has 0 radical (unpaired) electrons. The average Bonchev–Trinajstić information content (AvgIpc) is 1.59. The summed E-state index contributed by atoms with van der Waals surface area (Å²) in [5, 5.41) is 8.13. The Kier molecular flexibility index (Phi) is 4.36. The Labute approximate surface area is 57.9 Å². The van der Waals surface area contributed by atoms with Crippen LogP contribution in [0.3, 0.4) is 0 Å². The average molecular weight is 190 g/mol. The van der Waals surface area contributed by atoms with Gasteiger partial charge in [0.1, 0.15) is 0 Å². The molecular formula is C2H8O6P2. The molecule has 2 atom stereocenters. The molecule has 0 amide bonds. The molecule has 0 aliphatic rings. The molecule has 10 heavy (non-hydrogen) atoms. The smallest absolute Gasteiger partial charge is 0.337 e. The van der Waals surface area contributed by atoms with Crippen LogP contribution < -0.4 is 0 Å². The fourth-order valence-electron chi connectivity index (χ4n) is 0.294. The van der Waals surface area contributed by atoms with Crippen LogP contribution in [-0.4, -0.2) is 27.7 Å². The van der Waals surface area contributed by atoms with E-state index in [4.69, 9.17) is 14.9 Å². The third kappa shape index (κ3) is 5.11. The van der Waals surface area contributed by atoms with Gasteiger partial charge in [-0.15, -0.1) is 0 Å². The summed E-state index contributed by atoms with van der Waals surface area (Å²) in [6.45, 7) is -0.553. The monoisotopic (exact) mass is 190 g/mol. The van der Waals surface area contributed by atoms with Gasteiger partial charge in [-0.3, -0.25) is 9.13 Å². The van der Waals surface area contributed by atoms with Crippen LogP contribution in [-0.2, 0) is 13.4 Å². The Bertz CT molecular complexity index is 165. The topological polar surface area (TPSA) is 104 Å². The number of aliphatic hydroxyl groups excluding tert-OH is 1. The van der Waals surface area contributed by atoms with E-state index in [1.165, 1.54) is 0 Å².